The van der Waals surface area contributed by atoms with E-state index in [2.05, 4.69) is 123 Å². The Morgan fingerprint density at radius 1 is 0.564 bits per heavy atom. The first-order chi connectivity index (χ1) is 26.6. The molecule has 0 aliphatic heterocycles. The van der Waals surface area contributed by atoms with Crippen molar-refractivity contribution in [2.45, 2.75) is 110 Å². The third kappa shape index (κ3) is 41.9. The van der Waals surface area contributed by atoms with Gasteiger partial charge in [-0.15, -0.1) is 0 Å². The normalized spacial score (nSPS) is 15.1. The first-order valence-corrected chi connectivity index (χ1v) is 21.8. The quantitative estimate of drug-likeness (QED) is 0.0225. The van der Waals surface area contributed by atoms with Gasteiger partial charge < -0.3 is 18.9 Å². The highest BCUT2D eigenvalue weighted by molar-refractivity contribution is 7.47. The summed E-state index contributed by atoms with van der Waals surface area (Å²) in [5, 5.41) is 0. The van der Waals surface area contributed by atoms with Crippen LogP contribution in [0.5, 0.6) is 0 Å². The molecule has 2 atom stereocenters. The Morgan fingerprint density at radius 3 is 1.42 bits per heavy atom. The first-order valence-electron chi connectivity index (χ1n) is 20.3. The summed E-state index contributed by atoms with van der Waals surface area (Å²) in [6.07, 6.45) is 54.2. The molecule has 0 radical (unpaired) electrons. The number of likely N-dealkylation sites (N-methyl/N-ethyl adjacent to an activating group) is 1. The van der Waals surface area contributed by atoms with Crippen molar-refractivity contribution in [3.63, 3.8) is 0 Å². The highest BCUT2D eigenvalue weighted by Crippen LogP contribution is 2.43. The van der Waals surface area contributed by atoms with E-state index in [1.54, 1.807) is 6.08 Å². The minimum absolute atomic E-state index is 0.0535. The van der Waals surface area contributed by atoms with Gasteiger partial charge in [-0.05, 0) is 83.5 Å². The molecule has 0 saturated carbocycles. The molecule has 8 nitrogen and oxygen atoms in total. The topological polar surface area (TPSA) is 91.3 Å². The van der Waals surface area contributed by atoms with Crippen LogP contribution in [0.4, 0.5) is 0 Å². The van der Waals surface area contributed by atoms with Crippen LogP contribution in [0.1, 0.15) is 104 Å². The molecule has 0 aromatic rings. The molecule has 0 amide bonds. The minimum atomic E-state index is -4.32. The zero-order valence-electron chi connectivity index (χ0n) is 34.9. The molecule has 310 valence electrons. The number of phosphoric acid groups is 1. The predicted octanol–water partition coefficient (Wildman–Crippen LogP) is 11.8. The van der Waals surface area contributed by atoms with Crippen LogP contribution >= 0.6 is 7.82 Å². The van der Waals surface area contributed by atoms with Crippen molar-refractivity contribution in [3.05, 3.63) is 122 Å². The number of quaternary nitrogens is 1. The van der Waals surface area contributed by atoms with Crippen LogP contribution in [0.25, 0.3) is 0 Å². The van der Waals surface area contributed by atoms with Crippen LogP contribution in [-0.4, -0.2) is 75.6 Å². The van der Waals surface area contributed by atoms with Crippen molar-refractivity contribution < 1.29 is 37.3 Å². The van der Waals surface area contributed by atoms with Gasteiger partial charge in [0.25, 0.3) is 0 Å². The molecule has 0 saturated heterocycles. The van der Waals surface area contributed by atoms with E-state index in [0.717, 1.165) is 77.0 Å². The zero-order chi connectivity index (χ0) is 40.6. The molecule has 0 spiro atoms. The van der Waals surface area contributed by atoms with Gasteiger partial charge in [0.05, 0.1) is 40.8 Å². The van der Waals surface area contributed by atoms with Gasteiger partial charge in [-0.3, -0.25) is 13.8 Å². The molecule has 0 aromatic heterocycles. The minimum Gasteiger partial charge on any atom is -0.457 e. The number of unbranched alkanes of at least 4 members (excludes halogenated alkanes) is 2. The van der Waals surface area contributed by atoms with Crippen molar-refractivity contribution >= 4 is 13.8 Å². The molecule has 0 aliphatic carbocycles. The van der Waals surface area contributed by atoms with Gasteiger partial charge in [-0.1, -0.05) is 135 Å². The maximum atomic E-state index is 12.6. The van der Waals surface area contributed by atoms with Crippen molar-refractivity contribution in [1.29, 1.82) is 0 Å². The van der Waals surface area contributed by atoms with Gasteiger partial charge in [0, 0.05) is 6.61 Å². The monoisotopic (exact) mass is 785 g/mol. The summed E-state index contributed by atoms with van der Waals surface area (Å²) in [6, 6.07) is 0. The Morgan fingerprint density at radius 2 is 0.982 bits per heavy atom. The Hall–Kier alpha value is -3.10. The third-order valence-electron chi connectivity index (χ3n) is 7.55. The third-order valence-corrected chi connectivity index (χ3v) is 8.54. The van der Waals surface area contributed by atoms with E-state index in [-0.39, 0.29) is 26.2 Å². The SMILES string of the molecule is CC/C=C\C/C=C\C/C=C\C/C=C\C/C=C\CCCCOCC(COP(=O)(O)OCC[N+](C)(C)C)OC(=O)C/C=C\C/C=C\C/C=C\C/C=C\C/C=C\CC. The Labute approximate surface area is 335 Å². The van der Waals surface area contributed by atoms with E-state index in [4.69, 9.17) is 18.5 Å². The van der Waals surface area contributed by atoms with Crippen molar-refractivity contribution in [2.75, 3.05) is 54.1 Å². The fourth-order valence-corrected chi connectivity index (χ4v) is 5.22. The van der Waals surface area contributed by atoms with Crippen LogP contribution in [0.15, 0.2) is 122 Å². The number of hydrogen-bond donors (Lipinski definition) is 1. The molecule has 0 bridgehead atoms. The molecule has 0 aromatic carbocycles. The van der Waals surface area contributed by atoms with Crippen molar-refractivity contribution in [1.82, 2.24) is 0 Å². The lowest BCUT2D eigenvalue weighted by Gasteiger charge is -2.24. The number of ether oxygens (including phenoxy) is 2. The summed E-state index contributed by atoms with van der Waals surface area (Å²) in [4.78, 5) is 22.8. The van der Waals surface area contributed by atoms with Crippen LogP contribution in [0.2, 0.25) is 0 Å². The summed E-state index contributed by atoms with van der Waals surface area (Å²) in [5.74, 6) is -0.462. The summed E-state index contributed by atoms with van der Waals surface area (Å²) < 4.78 is 34.7. The number of carbonyl (C=O) groups excluding carboxylic acids is 1. The zero-order valence-corrected chi connectivity index (χ0v) is 35.7. The van der Waals surface area contributed by atoms with E-state index in [1.165, 1.54) is 0 Å². The molecule has 0 heterocycles. The van der Waals surface area contributed by atoms with E-state index in [9.17, 15) is 14.3 Å². The highest BCUT2D eigenvalue weighted by atomic mass is 31.2. The first kappa shape index (κ1) is 51.9. The van der Waals surface area contributed by atoms with Crippen molar-refractivity contribution in [2.24, 2.45) is 0 Å². The number of nitrogens with zero attached hydrogens (tertiary/aromatic N) is 1. The highest BCUT2D eigenvalue weighted by Gasteiger charge is 2.26. The largest absolute Gasteiger partial charge is 0.472 e. The van der Waals surface area contributed by atoms with Gasteiger partial charge >= 0.3 is 13.8 Å². The fourth-order valence-electron chi connectivity index (χ4n) is 4.47. The van der Waals surface area contributed by atoms with Gasteiger partial charge in [0.1, 0.15) is 19.3 Å². The number of phosphoric ester groups is 1. The van der Waals surface area contributed by atoms with Gasteiger partial charge in [0.15, 0.2) is 0 Å². The van der Waals surface area contributed by atoms with Crippen LogP contribution < -0.4 is 0 Å². The molecule has 2 unspecified atom stereocenters. The second kappa shape index (κ2) is 37.8. The molecule has 0 rings (SSSR count). The van der Waals surface area contributed by atoms with Crippen LogP contribution in [0, 0.1) is 0 Å². The van der Waals surface area contributed by atoms with E-state index in [0.29, 0.717) is 24.1 Å². The smallest absolute Gasteiger partial charge is 0.457 e. The molecule has 0 aliphatic rings. The van der Waals surface area contributed by atoms with Crippen molar-refractivity contribution in [3.8, 4) is 0 Å². The molecule has 55 heavy (non-hydrogen) atoms. The molecule has 9 heteroatoms. The maximum Gasteiger partial charge on any atom is 0.472 e. The van der Waals surface area contributed by atoms with Crippen LogP contribution in [0.3, 0.4) is 0 Å². The predicted molar refractivity (Wildman–Crippen MR) is 233 cm³/mol. The average Bonchev–Trinajstić information content (AvgIpc) is 3.13. The lowest BCUT2D eigenvalue weighted by atomic mass is 10.2. The fraction of sp³-hybridized carbons (Fsp3) is 0.543. The van der Waals surface area contributed by atoms with Crippen LogP contribution in [-0.2, 0) is 27.9 Å². The van der Waals surface area contributed by atoms with Gasteiger partial charge in [-0.2, -0.15) is 0 Å². The molecule has 1 N–H and O–H groups in total. The molecule has 0 fully saturated rings. The number of rotatable bonds is 35. The number of carbonyl (C=O) groups is 1. The average molecular weight is 785 g/mol. The lowest BCUT2D eigenvalue weighted by Crippen LogP contribution is -2.37. The summed E-state index contributed by atoms with van der Waals surface area (Å²) in [7, 11) is 1.56. The van der Waals surface area contributed by atoms with Gasteiger partial charge in [-0.25, -0.2) is 4.57 Å². The van der Waals surface area contributed by atoms with Gasteiger partial charge in [0.2, 0.25) is 0 Å². The number of allylic oxidation sites excluding steroid dienone is 19. The number of hydrogen-bond acceptors (Lipinski definition) is 6. The summed E-state index contributed by atoms with van der Waals surface area (Å²) in [6.45, 7) is 5.08. The molecular weight excluding hydrogens is 709 g/mol. The van der Waals surface area contributed by atoms with E-state index >= 15 is 0 Å². The van der Waals surface area contributed by atoms with E-state index < -0.39 is 19.9 Å². The van der Waals surface area contributed by atoms with E-state index in [1.807, 2.05) is 27.2 Å². The Balaban J connectivity index is 4.53. The summed E-state index contributed by atoms with van der Waals surface area (Å²) >= 11 is 0. The second-order valence-corrected chi connectivity index (χ2v) is 15.4. The lowest BCUT2D eigenvalue weighted by molar-refractivity contribution is -0.870. The maximum absolute atomic E-state index is 12.6. The Kier molecular flexibility index (Phi) is 35.7. The standard InChI is InChI=1S/C46H74NO7P/c1-6-8-10-12-14-16-18-20-22-23-24-26-28-30-32-34-36-38-41-51-43-45(44-53-55(49,50)52-42-40-47(3,4)5)54-46(48)39-37-35-33-31-29-27-25-21-19-17-15-13-11-9-7-2/h8-11,14-17,20-22,24-26,29-32,35,37,45H,6-7,12-13,18-19,23,27-28,33-34,36,38-44H2,1-5H3/p+1/b10-8-,11-9-,16-14-,17-15-,22-20-,25-21-,26-24-,31-29-,32-30-,37-35-. The summed E-state index contributed by atoms with van der Waals surface area (Å²) in [5.41, 5.74) is 0. The molecular formula is C46H75NO7P+. The number of esters is 1. The second-order valence-electron chi connectivity index (χ2n) is 13.9. The Bertz CT molecular complexity index is 1280.